The van der Waals surface area contributed by atoms with Gasteiger partial charge in [0.05, 0.1) is 5.57 Å². The molecule has 1 aromatic heterocycles. The second-order valence-electron chi connectivity index (χ2n) is 8.88. The Morgan fingerprint density at radius 3 is 2.56 bits per heavy atom. The highest BCUT2D eigenvalue weighted by Gasteiger charge is 2.36. The lowest BCUT2D eigenvalue weighted by Gasteiger charge is -2.20. The summed E-state index contributed by atoms with van der Waals surface area (Å²) in [7, 11) is 0. The smallest absolute Gasteiger partial charge is 0.283 e. The monoisotopic (exact) mass is 489 g/mol. The standard InChI is InChI=1S/C29H23N5OS/c1-18-9-8-10-20(15-18)17-33-19(2)23(22-13-6-7-14-25(22)33)16-24-26(30)34-29(31-27(24)35)36-28(32-34)21-11-4-3-5-12-21/h3-16,30H,17H2,1-2H3/b24-16+,30-26?. The van der Waals surface area contributed by atoms with Crippen LogP contribution >= 0.6 is 11.8 Å². The zero-order chi connectivity index (χ0) is 24.8. The van der Waals surface area contributed by atoms with E-state index in [2.05, 4.69) is 64.9 Å². The highest BCUT2D eigenvalue weighted by atomic mass is 32.2. The van der Waals surface area contributed by atoms with Gasteiger partial charge in [-0.3, -0.25) is 10.2 Å². The van der Waals surface area contributed by atoms with Gasteiger partial charge in [0.1, 0.15) is 5.04 Å². The van der Waals surface area contributed by atoms with Crippen LogP contribution in [0.25, 0.3) is 17.0 Å². The molecule has 0 saturated heterocycles. The minimum Gasteiger partial charge on any atom is -0.340 e. The summed E-state index contributed by atoms with van der Waals surface area (Å²) in [6, 6.07) is 26.4. The molecule has 1 N–H and O–H groups in total. The number of hydrogen-bond acceptors (Lipinski definition) is 4. The average molecular weight is 490 g/mol. The van der Waals surface area contributed by atoms with Gasteiger partial charge in [-0.2, -0.15) is 15.1 Å². The summed E-state index contributed by atoms with van der Waals surface area (Å²) in [6.07, 6.45) is 1.80. The van der Waals surface area contributed by atoms with Crippen LogP contribution in [0.2, 0.25) is 0 Å². The molecule has 4 aromatic rings. The third kappa shape index (κ3) is 3.78. The molecule has 0 fully saturated rings. The number of para-hydroxylation sites is 1. The van der Waals surface area contributed by atoms with Crippen molar-refractivity contribution in [1.82, 2.24) is 9.58 Å². The molecule has 0 saturated carbocycles. The number of hydrogen-bond donors (Lipinski definition) is 1. The molecule has 0 bridgehead atoms. The van der Waals surface area contributed by atoms with Crippen molar-refractivity contribution in [3.63, 3.8) is 0 Å². The number of aryl methyl sites for hydroxylation is 1. The summed E-state index contributed by atoms with van der Waals surface area (Å²) >= 11 is 1.31. The van der Waals surface area contributed by atoms with Crippen molar-refractivity contribution < 1.29 is 4.79 Å². The number of thioether (sulfide) groups is 1. The predicted octanol–water partition coefficient (Wildman–Crippen LogP) is 5.97. The molecule has 2 aliphatic rings. The largest absolute Gasteiger partial charge is 0.340 e. The van der Waals surface area contributed by atoms with E-state index in [4.69, 9.17) is 5.41 Å². The van der Waals surface area contributed by atoms with Crippen LogP contribution in [0.3, 0.4) is 0 Å². The van der Waals surface area contributed by atoms with E-state index >= 15 is 0 Å². The lowest BCUT2D eigenvalue weighted by atomic mass is 10.1. The van der Waals surface area contributed by atoms with Crippen molar-refractivity contribution in [3.8, 4) is 0 Å². The number of amides is 1. The highest BCUT2D eigenvalue weighted by Crippen LogP contribution is 2.33. The molecule has 6 rings (SSSR count). The Labute approximate surface area is 213 Å². The molecule has 0 radical (unpaired) electrons. The van der Waals surface area contributed by atoms with Gasteiger partial charge in [0.25, 0.3) is 5.91 Å². The minimum atomic E-state index is -0.418. The van der Waals surface area contributed by atoms with Gasteiger partial charge in [-0.1, -0.05) is 78.4 Å². The summed E-state index contributed by atoms with van der Waals surface area (Å²) < 4.78 is 2.26. The third-order valence-electron chi connectivity index (χ3n) is 6.47. The first-order valence-electron chi connectivity index (χ1n) is 11.7. The Hall–Kier alpha value is -4.23. The lowest BCUT2D eigenvalue weighted by molar-refractivity contribution is -0.114. The number of benzene rings is 3. The van der Waals surface area contributed by atoms with Gasteiger partial charge in [-0.05, 0) is 43.3 Å². The van der Waals surface area contributed by atoms with Crippen molar-refractivity contribution in [3.05, 3.63) is 112 Å². The third-order valence-corrected chi connectivity index (χ3v) is 7.42. The van der Waals surface area contributed by atoms with Crippen LogP contribution in [0.5, 0.6) is 0 Å². The van der Waals surface area contributed by atoms with Gasteiger partial charge in [0.2, 0.25) is 5.17 Å². The fourth-order valence-corrected chi connectivity index (χ4v) is 5.57. The highest BCUT2D eigenvalue weighted by molar-refractivity contribution is 8.27. The maximum Gasteiger partial charge on any atom is 0.283 e. The number of carbonyl (C=O) groups excluding carboxylic acids is 1. The fraction of sp³-hybridized carbons (Fsp3) is 0.103. The molecule has 3 aromatic carbocycles. The molecule has 3 heterocycles. The summed E-state index contributed by atoms with van der Waals surface area (Å²) in [5, 5.41) is 17.1. The number of amidine groups is 2. The number of nitrogens with one attached hydrogen (secondary N) is 1. The Morgan fingerprint density at radius 2 is 1.75 bits per heavy atom. The second-order valence-corrected chi connectivity index (χ2v) is 9.84. The van der Waals surface area contributed by atoms with E-state index in [0.29, 0.717) is 5.17 Å². The Kier molecular flexibility index (Phi) is 5.42. The molecular formula is C29H23N5OS. The van der Waals surface area contributed by atoms with E-state index in [-0.39, 0.29) is 11.4 Å². The summed E-state index contributed by atoms with van der Waals surface area (Å²) in [6.45, 7) is 4.88. The van der Waals surface area contributed by atoms with Crippen LogP contribution in [0.1, 0.15) is 27.9 Å². The Morgan fingerprint density at radius 1 is 0.972 bits per heavy atom. The molecule has 6 nitrogen and oxygen atoms in total. The lowest BCUT2D eigenvalue weighted by Crippen LogP contribution is -2.35. The average Bonchev–Trinajstić information content (AvgIpc) is 3.42. The molecule has 1 amide bonds. The van der Waals surface area contributed by atoms with Crippen LogP contribution in [-0.4, -0.2) is 31.5 Å². The topological polar surface area (TPSA) is 73.8 Å². The molecule has 7 heteroatoms. The van der Waals surface area contributed by atoms with Crippen LogP contribution in [0.15, 0.2) is 94.5 Å². The van der Waals surface area contributed by atoms with Crippen molar-refractivity contribution in [1.29, 1.82) is 5.41 Å². The molecule has 0 atom stereocenters. The number of hydrazone groups is 1. The zero-order valence-corrected chi connectivity index (χ0v) is 20.7. The van der Waals surface area contributed by atoms with Crippen molar-refractivity contribution in [2.75, 3.05) is 0 Å². The van der Waals surface area contributed by atoms with Crippen LogP contribution in [0.4, 0.5) is 0 Å². The van der Waals surface area contributed by atoms with Crippen molar-refractivity contribution in [2.24, 2.45) is 10.1 Å². The van der Waals surface area contributed by atoms with Crippen LogP contribution in [0, 0.1) is 19.3 Å². The first-order chi connectivity index (χ1) is 17.5. The first kappa shape index (κ1) is 22.2. The van der Waals surface area contributed by atoms with E-state index < -0.39 is 5.91 Å². The van der Waals surface area contributed by atoms with Gasteiger partial charge in [0.15, 0.2) is 5.84 Å². The van der Waals surface area contributed by atoms with E-state index in [1.807, 2.05) is 42.5 Å². The number of nitrogens with zero attached hydrogens (tertiary/aromatic N) is 4. The number of aromatic nitrogens is 1. The minimum absolute atomic E-state index is 0.0401. The van der Waals surface area contributed by atoms with Gasteiger partial charge >= 0.3 is 0 Å². The molecule has 0 unspecified atom stereocenters. The normalized spacial score (nSPS) is 16.5. The first-order valence-corrected chi connectivity index (χ1v) is 12.5. The van der Waals surface area contributed by atoms with Gasteiger partial charge in [-0.25, -0.2) is 0 Å². The second kappa shape index (κ2) is 8.77. The Bertz CT molecular complexity index is 1640. The Balaban J connectivity index is 1.42. The summed E-state index contributed by atoms with van der Waals surface area (Å²) in [4.78, 5) is 17.4. The number of aliphatic imine (C=N–C) groups is 1. The summed E-state index contributed by atoms with van der Waals surface area (Å²) in [5.41, 5.74) is 6.64. The van der Waals surface area contributed by atoms with E-state index in [9.17, 15) is 4.79 Å². The van der Waals surface area contributed by atoms with Gasteiger partial charge in [0, 0.05) is 34.3 Å². The maximum atomic E-state index is 13.1. The summed E-state index contributed by atoms with van der Waals surface area (Å²) in [5.74, 6) is -0.378. The fourth-order valence-electron chi connectivity index (χ4n) is 4.67. The molecular weight excluding hydrogens is 466 g/mol. The van der Waals surface area contributed by atoms with E-state index in [1.165, 1.54) is 27.9 Å². The van der Waals surface area contributed by atoms with Gasteiger partial charge < -0.3 is 4.57 Å². The zero-order valence-electron chi connectivity index (χ0n) is 19.9. The molecule has 36 heavy (non-hydrogen) atoms. The molecule has 176 valence electrons. The van der Waals surface area contributed by atoms with E-state index in [1.54, 1.807) is 6.08 Å². The van der Waals surface area contributed by atoms with Crippen LogP contribution in [-0.2, 0) is 11.3 Å². The number of fused-ring (bicyclic) bond motifs is 2. The van der Waals surface area contributed by atoms with E-state index in [0.717, 1.165) is 39.3 Å². The van der Waals surface area contributed by atoms with Crippen LogP contribution < -0.4 is 0 Å². The van der Waals surface area contributed by atoms with Crippen molar-refractivity contribution >= 4 is 50.7 Å². The number of rotatable bonds is 4. The maximum absolute atomic E-state index is 13.1. The predicted molar refractivity (Wildman–Crippen MR) is 148 cm³/mol. The number of carbonyl (C=O) groups is 1. The molecule has 0 aliphatic carbocycles. The van der Waals surface area contributed by atoms with Gasteiger partial charge in [-0.15, -0.1) is 0 Å². The van der Waals surface area contributed by atoms with Crippen molar-refractivity contribution in [2.45, 2.75) is 20.4 Å². The molecule has 2 aliphatic heterocycles. The quantitative estimate of drug-likeness (QED) is 0.359. The molecule has 0 spiro atoms. The SMILES string of the molecule is Cc1cccc(Cn2c(C)c(/C=C3\C(=N)N4N=C(c5ccccc5)SC4=NC3=O)c3ccccc32)c1.